The Morgan fingerprint density at radius 2 is 1.81 bits per heavy atom. The highest BCUT2D eigenvalue weighted by molar-refractivity contribution is 5.94. The first-order chi connectivity index (χ1) is 12.5. The Morgan fingerprint density at radius 3 is 2.50 bits per heavy atom. The third kappa shape index (κ3) is 3.09. The van der Waals surface area contributed by atoms with Crippen molar-refractivity contribution in [2.75, 3.05) is 23.3 Å². The number of pyridine rings is 1. The first-order valence-electron chi connectivity index (χ1n) is 9.10. The number of carbonyl (C=O) groups is 1. The van der Waals surface area contributed by atoms with Gasteiger partial charge in [-0.05, 0) is 36.0 Å². The van der Waals surface area contributed by atoms with Crippen LogP contribution in [0.2, 0.25) is 0 Å². The van der Waals surface area contributed by atoms with Crippen LogP contribution in [0.4, 0.5) is 11.8 Å². The minimum atomic E-state index is -0.300. The molecule has 1 saturated heterocycles. The van der Waals surface area contributed by atoms with Gasteiger partial charge in [0, 0.05) is 37.8 Å². The Bertz CT molecular complexity index is 869. The van der Waals surface area contributed by atoms with Gasteiger partial charge in [0.25, 0.3) is 5.56 Å². The second kappa shape index (κ2) is 6.55. The standard InChI is InChI=1S/C19H23N5O2/c1-11-7-12(2)10-24(9-11)19-22-17-16(18(26)23-19)14(8-15(25)21-17)13-3-5-20-6-4-13/h3-6,11-12,14H,7-10H2,1-2H3,(H2,21,22,23,25,26). The zero-order chi connectivity index (χ0) is 18.3. The number of aromatic nitrogens is 3. The van der Waals surface area contributed by atoms with Crippen LogP contribution in [0.3, 0.4) is 0 Å². The van der Waals surface area contributed by atoms with Gasteiger partial charge in [0.05, 0.1) is 5.56 Å². The van der Waals surface area contributed by atoms with E-state index in [4.69, 9.17) is 0 Å². The fourth-order valence-corrected chi connectivity index (χ4v) is 4.23. The first-order valence-corrected chi connectivity index (χ1v) is 9.10. The summed E-state index contributed by atoms with van der Waals surface area (Å²) in [7, 11) is 0. The highest BCUT2D eigenvalue weighted by Gasteiger charge is 2.32. The number of amides is 1. The molecule has 0 radical (unpaired) electrons. The molecular weight excluding hydrogens is 330 g/mol. The fraction of sp³-hybridized carbons (Fsp3) is 0.474. The van der Waals surface area contributed by atoms with E-state index in [0.717, 1.165) is 18.7 Å². The van der Waals surface area contributed by atoms with E-state index in [1.165, 1.54) is 6.42 Å². The van der Waals surface area contributed by atoms with Crippen LogP contribution in [0.15, 0.2) is 29.3 Å². The van der Waals surface area contributed by atoms with Crippen molar-refractivity contribution >= 4 is 17.7 Å². The summed E-state index contributed by atoms with van der Waals surface area (Å²) >= 11 is 0. The molecule has 3 atom stereocenters. The molecule has 2 N–H and O–H groups in total. The summed E-state index contributed by atoms with van der Waals surface area (Å²) in [6.45, 7) is 6.13. The van der Waals surface area contributed by atoms with Crippen molar-refractivity contribution in [1.82, 2.24) is 15.0 Å². The van der Waals surface area contributed by atoms with Crippen LogP contribution in [-0.2, 0) is 4.79 Å². The number of hydrogen-bond donors (Lipinski definition) is 2. The Kier molecular flexibility index (Phi) is 4.22. The monoisotopic (exact) mass is 353 g/mol. The lowest BCUT2D eigenvalue weighted by molar-refractivity contribution is -0.116. The van der Waals surface area contributed by atoms with Crippen LogP contribution in [-0.4, -0.2) is 33.9 Å². The van der Waals surface area contributed by atoms with Crippen molar-refractivity contribution in [2.24, 2.45) is 11.8 Å². The zero-order valence-corrected chi connectivity index (χ0v) is 15.0. The molecule has 0 aliphatic carbocycles. The van der Waals surface area contributed by atoms with Gasteiger partial charge in [0.15, 0.2) is 0 Å². The average molecular weight is 353 g/mol. The van der Waals surface area contributed by atoms with E-state index < -0.39 is 0 Å². The summed E-state index contributed by atoms with van der Waals surface area (Å²) in [6, 6.07) is 3.68. The number of nitrogens with one attached hydrogen (secondary N) is 2. The van der Waals surface area contributed by atoms with E-state index in [-0.39, 0.29) is 23.8 Å². The number of aromatic amines is 1. The van der Waals surface area contributed by atoms with Crippen LogP contribution in [0.5, 0.6) is 0 Å². The second-order valence-electron chi connectivity index (χ2n) is 7.59. The topological polar surface area (TPSA) is 91.0 Å². The van der Waals surface area contributed by atoms with E-state index in [2.05, 4.69) is 39.0 Å². The molecule has 26 heavy (non-hydrogen) atoms. The third-order valence-electron chi connectivity index (χ3n) is 5.22. The summed E-state index contributed by atoms with van der Waals surface area (Å²) in [4.78, 5) is 38.8. The molecule has 7 nitrogen and oxygen atoms in total. The van der Waals surface area contributed by atoms with Crippen molar-refractivity contribution in [3.63, 3.8) is 0 Å². The van der Waals surface area contributed by atoms with Gasteiger partial charge in [0.1, 0.15) is 5.82 Å². The van der Waals surface area contributed by atoms with Crippen molar-refractivity contribution in [3.05, 3.63) is 46.0 Å². The summed E-state index contributed by atoms with van der Waals surface area (Å²) < 4.78 is 0. The minimum absolute atomic E-state index is 0.122. The molecule has 4 rings (SSSR count). The molecule has 4 heterocycles. The van der Waals surface area contributed by atoms with Gasteiger partial charge in [-0.1, -0.05) is 13.8 Å². The molecule has 3 unspecified atom stereocenters. The Labute approximate surface area is 151 Å². The molecule has 1 amide bonds. The fourth-order valence-electron chi connectivity index (χ4n) is 4.23. The number of fused-ring (bicyclic) bond motifs is 1. The van der Waals surface area contributed by atoms with E-state index in [1.54, 1.807) is 12.4 Å². The normalized spacial score (nSPS) is 25.5. The maximum absolute atomic E-state index is 12.9. The molecule has 2 aliphatic rings. The molecule has 0 bridgehead atoms. The van der Waals surface area contributed by atoms with Crippen molar-refractivity contribution in [3.8, 4) is 0 Å². The first kappa shape index (κ1) is 16.8. The number of carbonyl (C=O) groups excluding carboxylic acids is 1. The molecule has 7 heteroatoms. The van der Waals surface area contributed by atoms with Gasteiger partial charge < -0.3 is 10.2 Å². The maximum atomic E-state index is 12.9. The lowest BCUT2D eigenvalue weighted by Gasteiger charge is -2.36. The van der Waals surface area contributed by atoms with E-state index in [1.807, 2.05) is 12.1 Å². The van der Waals surface area contributed by atoms with Gasteiger partial charge in [-0.15, -0.1) is 0 Å². The maximum Gasteiger partial charge on any atom is 0.258 e. The molecule has 2 aromatic rings. The van der Waals surface area contributed by atoms with Gasteiger partial charge in [-0.2, -0.15) is 4.98 Å². The second-order valence-corrected chi connectivity index (χ2v) is 7.59. The Hall–Kier alpha value is -2.70. The van der Waals surface area contributed by atoms with Gasteiger partial charge in [0.2, 0.25) is 11.9 Å². The highest BCUT2D eigenvalue weighted by atomic mass is 16.2. The predicted molar refractivity (Wildman–Crippen MR) is 99.3 cm³/mol. The van der Waals surface area contributed by atoms with Crippen LogP contribution >= 0.6 is 0 Å². The summed E-state index contributed by atoms with van der Waals surface area (Å²) in [5.41, 5.74) is 1.24. The van der Waals surface area contributed by atoms with Crippen LogP contribution < -0.4 is 15.8 Å². The number of rotatable bonds is 2. The molecule has 0 saturated carbocycles. The Balaban J connectivity index is 1.75. The summed E-state index contributed by atoms with van der Waals surface area (Å²) in [6.07, 6.45) is 4.76. The van der Waals surface area contributed by atoms with Crippen molar-refractivity contribution in [1.29, 1.82) is 0 Å². The van der Waals surface area contributed by atoms with Crippen LogP contribution in [0.1, 0.15) is 43.7 Å². The smallest absolute Gasteiger partial charge is 0.258 e. The number of anilines is 2. The lowest BCUT2D eigenvalue weighted by Crippen LogP contribution is -2.41. The predicted octanol–water partition coefficient (Wildman–Crippen LogP) is 2.12. The zero-order valence-electron chi connectivity index (χ0n) is 15.0. The molecule has 2 aliphatic heterocycles. The summed E-state index contributed by atoms with van der Waals surface area (Å²) in [5.74, 6) is 1.59. The minimum Gasteiger partial charge on any atom is -0.342 e. The van der Waals surface area contributed by atoms with E-state index >= 15 is 0 Å². The summed E-state index contributed by atoms with van der Waals surface area (Å²) in [5, 5.41) is 2.79. The molecular formula is C19H23N5O2. The number of H-pyrrole nitrogens is 1. The quantitative estimate of drug-likeness (QED) is 0.863. The largest absolute Gasteiger partial charge is 0.342 e. The average Bonchev–Trinajstić information content (AvgIpc) is 2.60. The number of nitrogens with zero attached hydrogens (tertiary/aromatic N) is 3. The molecule has 2 aromatic heterocycles. The van der Waals surface area contributed by atoms with E-state index in [9.17, 15) is 9.59 Å². The SMILES string of the molecule is CC1CC(C)CN(c2nc3c(c(=O)[nH]2)C(c2ccncc2)CC(=O)N3)C1. The number of piperidine rings is 1. The number of hydrogen-bond acceptors (Lipinski definition) is 5. The van der Waals surface area contributed by atoms with Gasteiger partial charge >= 0.3 is 0 Å². The van der Waals surface area contributed by atoms with Crippen molar-refractivity contribution < 1.29 is 4.79 Å². The van der Waals surface area contributed by atoms with Crippen molar-refractivity contribution in [2.45, 2.75) is 32.6 Å². The molecule has 136 valence electrons. The lowest BCUT2D eigenvalue weighted by atomic mass is 9.87. The highest BCUT2D eigenvalue weighted by Crippen LogP contribution is 2.34. The van der Waals surface area contributed by atoms with Crippen LogP contribution in [0.25, 0.3) is 0 Å². The third-order valence-corrected chi connectivity index (χ3v) is 5.22. The van der Waals surface area contributed by atoms with Gasteiger partial charge in [-0.25, -0.2) is 0 Å². The molecule has 0 aromatic carbocycles. The molecule has 1 fully saturated rings. The van der Waals surface area contributed by atoms with E-state index in [0.29, 0.717) is 29.2 Å². The van der Waals surface area contributed by atoms with Crippen LogP contribution in [0, 0.1) is 11.8 Å². The molecule has 0 spiro atoms. The van der Waals surface area contributed by atoms with Gasteiger partial charge in [-0.3, -0.25) is 19.6 Å². The Morgan fingerprint density at radius 1 is 1.12 bits per heavy atom.